The Morgan fingerprint density at radius 2 is 1.43 bits per heavy atom. The highest BCUT2D eigenvalue weighted by Crippen LogP contribution is 2.31. The number of hydrogen-bond acceptors (Lipinski definition) is 4. The average Bonchev–Trinajstić information content (AvgIpc) is 2.66. The molecule has 2 N–H and O–H groups in total. The van der Waals surface area contributed by atoms with E-state index >= 15 is 0 Å². The van der Waals surface area contributed by atoms with Gasteiger partial charge in [0.1, 0.15) is 0 Å². The highest BCUT2D eigenvalue weighted by Gasteiger charge is 2.64. The number of esters is 1. The summed E-state index contributed by atoms with van der Waals surface area (Å²) in [5.74, 6) is -4.51. The van der Waals surface area contributed by atoms with E-state index in [4.69, 9.17) is 11.6 Å². The van der Waals surface area contributed by atoms with Crippen LogP contribution in [0.1, 0.15) is 20.7 Å². The molecular formula is C18H14ClF3N2O4. The standard InChI is InChI=1S/C18H14ClF3N2O4/c1-28-16(27)17(18(20,21)22,23-14(25)11-7-3-2-4-8-11)24-15(26)12-9-5-6-10-13(12)19/h2-10H,1H3,(H,23,25)(H,24,26). The third kappa shape index (κ3) is 4.25. The van der Waals surface area contributed by atoms with Crippen molar-refractivity contribution in [1.82, 2.24) is 10.6 Å². The van der Waals surface area contributed by atoms with E-state index in [1.54, 1.807) is 11.4 Å². The van der Waals surface area contributed by atoms with Crippen LogP contribution in [0.15, 0.2) is 54.6 Å². The number of alkyl halides is 3. The molecule has 28 heavy (non-hydrogen) atoms. The van der Waals surface area contributed by atoms with Crippen molar-refractivity contribution in [2.45, 2.75) is 11.8 Å². The molecule has 0 spiro atoms. The Morgan fingerprint density at radius 3 is 1.96 bits per heavy atom. The second kappa shape index (κ2) is 8.30. The molecule has 2 aromatic carbocycles. The van der Waals surface area contributed by atoms with Crippen molar-refractivity contribution in [3.63, 3.8) is 0 Å². The smallest absolute Gasteiger partial charge is 0.442 e. The highest BCUT2D eigenvalue weighted by atomic mass is 35.5. The van der Waals surface area contributed by atoms with Crippen LogP contribution < -0.4 is 10.6 Å². The molecule has 6 nitrogen and oxygen atoms in total. The maximum atomic E-state index is 13.9. The van der Waals surface area contributed by atoms with E-state index in [1.807, 2.05) is 0 Å². The predicted molar refractivity (Wildman–Crippen MR) is 93.6 cm³/mol. The summed E-state index contributed by atoms with van der Waals surface area (Å²) in [7, 11) is 0.694. The third-order valence-corrected chi connectivity index (χ3v) is 4.00. The summed E-state index contributed by atoms with van der Waals surface area (Å²) in [6.07, 6.45) is -5.43. The summed E-state index contributed by atoms with van der Waals surface area (Å²) >= 11 is 5.83. The monoisotopic (exact) mass is 414 g/mol. The zero-order valence-corrected chi connectivity index (χ0v) is 15.1. The van der Waals surface area contributed by atoms with Crippen LogP contribution >= 0.6 is 11.6 Å². The molecule has 148 valence electrons. The molecule has 0 saturated carbocycles. The van der Waals surface area contributed by atoms with Crippen molar-refractivity contribution < 1.29 is 32.3 Å². The van der Waals surface area contributed by atoms with Gasteiger partial charge in [-0.15, -0.1) is 0 Å². The molecule has 2 amide bonds. The SMILES string of the molecule is COC(=O)C(NC(=O)c1ccccc1)(NC(=O)c1ccccc1Cl)C(F)(F)F. The lowest BCUT2D eigenvalue weighted by molar-refractivity contribution is -0.214. The maximum Gasteiger partial charge on any atom is 0.442 e. The Balaban J connectivity index is 2.49. The van der Waals surface area contributed by atoms with Gasteiger partial charge in [-0.1, -0.05) is 41.9 Å². The molecule has 0 heterocycles. The number of nitrogens with one attached hydrogen (secondary N) is 2. The summed E-state index contributed by atoms with van der Waals surface area (Å²) in [6, 6.07) is 12.2. The largest absolute Gasteiger partial charge is 0.466 e. The van der Waals surface area contributed by atoms with E-state index in [0.29, 0.717) is 7.11 Å². The normalized spacial score (nSPS) is 13.2. The van der Waals surface area contributed by atoms with Gasteiger partial charge in [0.25, 0.3) is 11.8 Å². The molecule has 1 atom stereocenters. The number of hydrogen-bond donors (Lipinski definition) is 2. The molecule has 0 fully saturated rings. The van der Waals surface area contributed by atoms with E-state index in [2.05, 4.69) is 4.74 Å². The molecular weight excluding hydrogens is 401 g/mol. The van der Waals surface area contributed by atoms with Gasteiger partial charge in [0.2, 0.25) is 0 Å². The first-order valence-electron chi connectivity index (χ1n) is 7.72. The van der Waals surface area contributed by atoms with Gasteiger partial charge < -0.3 is 15.4 Å². The zero-order chi connectivity index (χ0) is 20.9. The van der Waals surface area contributed by atoms with Crippen LogP contribution in [0.3, 0.4) is 0 Å². The van der Waals surface area contributed by atoms with Crippen LogP contribution in [-0.2, 0) is 9.53 Å². The fraction of sp³-hybridized carbons (Fsp3) is 0.167. The van der Waals surface area contributed by atoms with Crippen LogP contribution in [-0.4, -0.2) is 36.7 Å². The van der Waals surface area contributed by atoms with Crippen LogP contribution in [0.4, 0.5) is 13.2 Å². The summed E-state index contributed by atoms with van der Waals surface area (Å²) in [5.41, 5.74) is -4.31. The minimum Gasteiger partial charge on any atom is -0.466 e. The van der Waals surface area contributed by atoms with Gasteiger partial charge in [0.15, 0.2) is 0 Å². The molecule has 0 aliphatic rings. The fourth-order valence-electron chi connectivity index (χ4n) is 2.26. The number of benzene rings is 2. The molecule has 2 aromatic rings. The van der Waals surface area contributed by atoms with Crippen molar-refractivity contribution in [3.8, 4) is 0 Å². The quantitative estimate of drug-likeness (QED) is 0.582. The topological polar surface area (TPSA) is 84.5 Å². The van der Waals surface area contributed by atoms with Crippen molar-refractivity contribution in [3.05, 3.63) is 70.7 Å². The van der Waals surface area contributed by atoms with Crippen molar-refractivity contribution in [2.24, 2.45) is 0 Å². The lowest BCUT2D eigenvalue weighted by atomic mass is 10.1. The number of carbonyl (C=O) groups is 3. The van der Waals surface area contributed by atoms with E-state index in [0.717, 1.165) is 6.07 Å². The molecule has 0 bridgehead atoms. The van der Waals surface area contributed by atoms with Gasteiger partial charge in [-0.05, 0) is 24.3 Å². The Bertz CT molecular complexity index is 890. The first-order valence-corrected chi connectivity index (χ1v) is 8.10. The number of rotatable bonds is 5. The first kappa shape index (κ1) is 21.2. The van der Waals surface area contributed by atoms with Crippen LogP contribution in [0.2, 0.25) is 5.02 Å². The molecule has 2 rings (SSSR count). The zero-order valence-electron chi connectivity index (χ0n) is 14.3. The fourth-order valence-corrected chi connectivity index (χ4v) is 2.48. The van der Waals surface area contributed by atoms with E-state index in [-0.39, 0.29) is 16.1 Å². The second-order valence-corrected chi connectivity index (χ2v) is 5.90. The molecule has 0 saturated heterocycles. The molecule has 0 aromatic heterocycles. The molecule has 0 aliphatic carbocycles. The van der Waals surface area contributed by atoms with Gasteiger partial charge in [-0.25, -0.2) is 4.79 Å². The molecule has 0 aliphatic heterocycles. The number of carbonyl (C=O) groups excluding carboxylic acids is 3. The predicted octanol–water partition coefficient (Wildman–Crippen LogP) is 2.93. The third-order valence-electron chi connectivity index (χ3n) is 3.67. The average molecular weight is 415 g/mol. The van der Waals surface area contributed by atoms with Crippen LogP contribution in [0.25, 0.3) is 0 Å². The van der Waals surface area contributed by atoms with E-state index in [1.165, 1.54) is 47.8 Å². The minimum atomic E-state index is -5.43. The lowest BCUT2D eigenvalue weighted by Gasteiger charge is -2.34. The molecule has 10 heteroatoms. The summed E-state index contributed by atoms with van der Waals surface area (Å²) in [4.78, 5) is 36.8. The van der Waals surface area contributed by atoms with Crippen molar-refractivity contribution in [2.75, 3.05) is 7.11 Å². The number of halogens is 4. The Hall–Kier alpha value is -3.07. The van der Waals surface area contributed by atoms with Crippen LogP contribution in [0, 0.1) is 0 Å². The van der Waals surface area contributed by atoms with Crippen molar-refractivity contribution in [1.29, 1.82) is 0 Å². The maximum absolute atomic E-state index is 13.9. The van der Waals surface area contributed by atoms with Gasteiger partial charge >= 0.3 is 17.8 Å². The summed E-state index contributed by atoms with van der Waals surface area (Å²) < 4.78 is 45.9. The Labute approximate surface area is 162 Å². The van der Waals surface area contributed by atoms with Crippen molar-refractivity contribution >= 4 is 29.4 Å². The van der Waals surface area contributed by atoms with Gasteiger partial charge in [-0.3, -0.25) is 9.59 Å². The molecule has 0 radical (unpaired) electrons. The van der Waals surface area contributed by atoms with E-state index in [9.17, 15) is 27.6 Å². The van der Waals surface area contributed by atoms with Gasteiger partial charge in [-0.2, -0.15) is 13.2 Å². The Kier molecular flexibility index (Phi) is 6.30. The van der Waals surface area contributed by atoms with Gasteiger partial charge in [0, 0.05) is 5.56 Å². The summed E-state index contributed by atoms with van der Waals surface area (Å²) in [6.45, 7) is 0. The minimum absolute atomic E-state index is 0.143. The second-order valence-electron chi connectivity index (χ2n) is 5.49. The van der Waals surface area contributed by atoms with Crippen LogP contribution in [0.5, 0.6) is 0 Å². The number of methoxy groups -OCH3 is 1. The summed E-state index contributed by atoms with van der Waals surface area (Å²) in [5, 5.41) is 2.92. The first-order chi connectivity index (χ1) is 13.1. The lowest BCUT2D eigenvalue weighted by Crippen LogP contribution is -2.73. The van der Waals surface area contributed by atoms with E-state index < -0.39 is 29.6 Å². The highest BCUT2D eigenvalue weighted by molar-refractivity contribution is 6.33. The number of amides is 2. The number of ether oxygens (including phenoxy) is 1. The Morgan fingerprint density at radius 1 is 0.893 bits per heavy atom. The molecule has 1 unspecified atom stereocenters. The van der Waals surface area contributed by atoms with Gasteiger partial charge in [0.05, 0.1) is 17.7 Å².